The van der Waals surface area contributed by atoms with E-state index in [4.69, 9.17) is 0 Å². The predicted molar refractivity (Wildman–Crippen MR) is 64.3 cm³/mol. The molecule has 1 N–H and O–H groups in total. The highest BCUT2D eigenvalue weighted by atomic mass is 16.2. The standard InChI is InChI=1S/C12H16N4O2/c1-2-4-10-12(18)16(8-11(17)14-10)7-9-5-3-6-13-15-9/h3,5-6,10H,2,4,7-8H2,1H3,(H,14,17). The zero-order valence-corrected chi connectivity index (χ0v) is 10.3. The van der Waals surface area contributed by atoms with Gasteiger partial charge < -0.3 is 10.2 Å². The highest BCUT2D eigenvalue weighted by molar-refractivity contribution is 5.94. The van der Waals surface area contributed by atoms with Gasteiger partial charge in [0.1, 0.15) is 12.6 Å². The van der Waals surface area contributed by atoms with Crippen LogP contribution in [0.3, 0.4) is 0 Å². The first-order valence-corrected chi connectivity index (χ1v) is 6.05. The number of nitrogens with zero attached hydrogens (tertiary/aromatic N) is 3. The SMILES string of the molecule is CCCC1NC(=O)CN(Cc2cccnn2)C1=O. The van der Waals surface area contributed by atoms with E-state index in [9.17, 15) is 9.59 Å². The minimum Gasteiger partial charge on any atom is -0.343 e. The quantitative estimate of drug-likeness (QED) is 0.820. The molecule has 2 rings (SSSR count). The molecule has 1 aliphatic heterocycles. The Hall–Kier alpha value is -1.98. The van der Waals surface area contributed by atoms with Gasteiger partial charge in [0.15, 0.2) is 0 Å². The molecule has 1 aromatic rings. The molecule has 0 aliphatic carbocycles. The Kier molecular flexibility index (Phi) is 3.86. The molecule has 2 amide bonds. The molecule has 1 saturated heterocycles. The lowest BCUT2D eigenvalue weighted by Gasteiger charge is -2.32. The summed E-state index contributed by atoms with van der Waals surface area (Å²) in [6.45, 7) is 2.41. The number of nitrogens with one attached hydrogen (secondary N) is 1. The smallest absolute Gasteiger partial charge is 0.245 e. The largest absolute Gasteiger partial charge is 0.343 e. The van der Waals surface area contributed by atoms with Gasteiger partial charge in [-0.25, -0.2) is 0 Å². The molecule has 6 heteroatoms. The van der Waals surface area contributed by atoms with Gasteiger partial charge >= 0.3 is 0 Å². The Morgan fingerprint density at radius 1 is 1.50 bits per heavy atom. The van der Waals surface area contributed by atoms with E-state index in [1.807, 2.05) is 6.92 Å². The first kappa shape index (κ1) is 12.5. The van der Waals surface area contributed by atoms with Crippen molar-refractivity contribution < 1.29 is 9.59 Å². The van der Waals surface area contributed by atoms with E-state index < -0.39 is 6.04 Å². The van der Waals surface area contributed by atoms with E-state index in [2.05, 4.69) is 15.5 Å². The van der Waals surface area contributed by atoms with Gasteiger partial charge in [-0.05, 0) is 18.6 Å². The van der Waals surface area contributed by atoms with Gasteiger partial charge in [-0.3, -0.25) is 9.59 Å². The van der Waals surface area contributed by atoms with E-state index in [-0.39, 0.29) is 18.4 Å². The molecule has 1 atom stereocenters. The molecule has 1 aliphatic rings. The lowest BCUT2D eigenvalue weighted by molar-refractivity contribution is -0.145. The molecule has 0 bridgehead atoms. The van der Waals surface area contributed by atoms with Crippen molar-refractivity contribution in [1.29, 1.82) is 0 Å². The minimum absolute atomic E-state index is 0.0397. The van der Waals surface area contributed by atoms with E-state index >= 15 is 0 Å². The summed E-state index contributed by atoms with van der Waals surface area (Å²) in [5.41, 5.74) is 0.691. The number of carbonyl (C=O) groups excluding carboxylic acids is 2. The van der Waals surface area contributed by atoms with Gasteiger partial charge in [0.05, 0.1) is 12.2 Å². The van der Waals surface area contributed by atoms with E-state index in [0.717, 1.165) is 6.42 Å². The number of piperazine rings is 1. The highest BCUT2D eigenvalue weighted by Gasteiger charge is 2.31. The minimum atomic E-state index is -0.395. The fourth-order valence-corrected chi connectivity index (χ4v) is 2.00. The van der Waals surface area contributed by atoms with Crippen molar-refractivity contribution in [2.75, 3.05) is 6.54 Å². The van der Waals surface area contributed by atoms with Crippen molar-refractivity contribution in [1.82, 2.24) is 20.4 Å². The van der Waals surface area contributed by atoms with Gasteiger partial charge in [0.25, 0.3) is 0 Å². The zero-order chi connectivity index (χ0) is 13.0. The van der Waals surface area contributed by atoms with Crippen LogP contribution in [0.2, 0.25) is 0 Å². The molecule has 18 heavy (non-hydrogen) atoms. The Morgan fingerprint density at radius 3 is 3.00 bits per heavy atom. The van der Waals surface area contributed by atoms with Crippen LogP contribution in [-0.2, 0) is 16.1 Å². The van der Waals surface area contributed by atoms with Crippen LogP contribution in [0.4, 0.5) is 0 Å². The van der Waals surface area contributed by atoms with Crippen molar-refractivity contribution in [3.63, 3.8) is 0 Å². The first-order chi connectivity index (χ1) is 8.70. The van der Waals surface area contributed by atoms with Crippen LogP contribution in [0.1, 0.15) is 25.5 Å². The fraction of sp³-hybridized carbons (Fsp3) is 0.500. The molecular weight excluding hydrogens is 232 g/mol. The summed E-state index contributed by atoms with van der Waals surface area (Å²) in [6.07, 6.45) is 3.10. The first-order valence-electron chi connectivity index (χ1n) is 6.05. The molecule has 0 aromatic carbocycles. The molecule has 0 saturated carbocycles. The Bertz CT molecular complexity index is 435. The van der Waals surface area contributed by atoms with E-state index in [1.165, 1.54) is 4.90 Å². The molecule has 0 spiro atoms. The van der Waals surface area contributed by atoms with Gasteiger partial charge in [-0.15, -0.1) is 0 Å². The number of amides is 2. The predicted octanol–water partition coefficient (Wildman–Crippen LogP) is 0.104. The summed E-state index contributed by atoms with van der Waals surface area (Å²) in [6, 6.07) is 3.16. The second-order valence-corrected chi connectivity index (χ2v) is 4.32. The second-order valence-electron chi connectivity index (χ2n) is 4.32. The molecule has 1 unspecified atom stereocenters. The third-order valence-corrected chi connectivity index (χ3v) is 2.84. The molecule has 0 radical (unpaired) electrons. The van der Waals surface area contributed by atoms with Gasteiger partial charge in [0, 0.05) is 6.20 Å². The number of hydrogen-bond acceptors (Lipinski definition) is 4. The van der Waals surface area contributed by atoms with Gasteiger partial charge in [-0.2, -0.15) is 10.2 Å². The van der Waals surface area contributed by atoms with Crippen LogP contribution in [0.25, 0.3) is 0 Å². The average molecular weight is 248 g/mol. The van der Waals surface area contributed by atoms with Crippen LogP contribution < -0.4 is 5.32 Å². The van der Waals surface area contributed by atoms with Crippen LogP contribution in [0.5, 0.6) is 0 Å². The second kappa shape index (κ2) is 5.57. The van der Waals surface area contributed by atoms with Crippen LogP contribution in [0.15, 0.2) is 18.3 Å². The third kappa shape index (κ3) is 2.82. The number of carbonyl (C=O) groups is 2. The fourth-order valence-electron chi connectivity index (χ4n) is 2.00. The summed E-state index contributed by atoms with van der Waals surface area (Å²) >= 11 is 0. The van der Waals surface area contributed by atoms with Crippen molar-refractivity contribution in [3.8, 4) is 0 Å². The Morgan fingerprint density at radius 2 is 2.33 bits per heavy atom. The van der Waals surface area contributed by atoms with Crippen molar-refractivity contribution in [2.45, 2.75) is 32.4 Å². The Labute approximate surface area is 105 Å². The molecule has 96 valence electrons. The monoisotopic (exact) mass is 248 g/mol. The summed E-state index contributed by atoms with van der Waals surface area (Å²) in [5, 5.41) is 10.4. The van der Waals surface area contributed by atoms with Crippen LogP contribution in [-0.4, -0.2) is 39.5 Å². The molecule has 2 heterocycles. The summed E-state index contributed by atoms with van der Waals surface area (Å²) < 4.78 is 0. The molecule has 1 fully saturated rings. The van der Waals surface area contributed by atoms with Crippen molar-refractivity contribution >= 4 is 11.8 Å². The number of hydrogen-bond donors (Lipinski definition) is 1. The summed E-state index contributed by atoms with van der Waals surface area (Å²) in [5.74, 6) is -0.154. The number of aromatic nitrogens is 2. The lowest BCUT2D eigenvalue weighted by atomic mass is 10.1. The van der Waals surface area contributed by atoms with Crippen molar-refractivity contribution in [2.24, 2.45) is 0 Å². The summed E-state index contributed by atoms with van der Waals surface area (Å²) in [7, 11) is 0. The summed E-state index contributed by atoms with van der Waals surface area (Å²) in [4.78, 5) is 25.2. The topological polar surface area (TPSA) is 75.2 Å². The van der Waals surface area contributed by atoms with Gasteiger partial charge in [0.2, 0.25) is 11.8 Å². The van der Waals surface area contributed by atoms with Gasteiger partial charge in [-0.1, -0.05) is 13.3 Å². The Balaban J connectivity index is 2.07. The van der Waals surface area contributed by atoms with E-state index in [0.29, 0.717) is 18.7 Å². The average Bonchev–Trinajstić information content (AvgIpc) is 2.36. The van der Waals surface area contributed by atoms with Crippen LogP contribution >= 0.6 is 0 Å². The van der Waals surface area contributed by atoms with Crippen molar-refractivity contribution in [3.05, 3.63) is 24.0 Å². The third-order valence-electron chi connectivity index (χ3n) is 2.84. The molecule has 6 nitrogen and oxygen atoms in total. The van der Waals surface area contributed by atoms with E-state index in [1.54, 1.807) is 18.3 Å². The molecule has 1 aromatic heterocycles. The maximum absolute atomic E-state index is 12.1. The maximum Gasteiger partial charge on any atom is 0.245 e. The lowest BCUT2D eigenvalue weighted by Crippen LogP contribution is -2.57. The van der Waals surface area contributed by atoms with Crippen LogP contribution in [0, 0.1) is 0 Å². The maximum atomic E-state index is 12.1. The molecular formula is C12H16N4O2. The highest BCUT2D eigenvalue weighted by Crippen LogP contribution is 2.10. The normalized spacial score (nSPS) is 19.8. The zero-order valence-electron chi connectivity index (χ0n) is 10.3. The number of rotatable bonds is 4.